The van der Waals surface area contributed by atoms with E-state index in [0.29, 0.717) is 0 Å². The maximum atomic E-state index is 4.60. The van der Waals surface area contributed by atoms with E-state index in [0.717, 1.165) is 6.61 Å². The SMILES string of the molecule is C=COCC.O. The molecule has 0 bridgehead atoms. The highest BCUT2D eigenvalue weighted by Crippen LogP contribution is 1.65. The van der Waals surface area contributed by atoms with Crippen molar-refractivity contribution in [1.82, 2.24) is 0 Å². The van der Waals surface area contributed by atoms with Gasteiger partial charge in [0.1, 0.15) is 0 Å². The predicted octanol–water partition coefficient (Wildman–Crippen LogP) is 0.342. The molecule has 0 saturated carbocycles. The Balaban J connectivity index is 0. The van der Waals surface area contributed by atoms with Crippen LogP contribution in [0.2, 0.25) is 0 Å². The molecule has 0 unspecified atom stereocenters. The molecule has 0 aliphatic carbocycles. The van der Waals surface area contributed by atoms with Gasteiger partial charge >= 0.3 is 0 Å². The van der Waals surface area contributed by atoms with E-state index in [9.17, 15) is 0 Å². The van der Waals surface area contributed by atoms with Crippen molar-refractivity contribution >= 4 is 0 Å². The first-order valence-corrected chi connectivity index (χ1v) is 1.64. The standard InChI is InChI=1S/C4H8O.H2O/c1-3-5-4-2;/h3H,1,4H2,2H3;1H2. The zero-order valence-corrected chi connectivity index (χ0v) is 3.90. The van der Waals surface area contributed by atoms with Gasteiger partial charge in [0.25, 0.3) is 0 Å². The number of rotatable bonds is 2. The average molecular weight is 90.1 g/mol. The highest BCUT2D eigenvalue weighted by Gasteiger charge is 1.55. The van der Waals surface area contributed by atoms with E-state index in [1.165, 1.54) is 6.26 Å². The van der Waals surface area contributed by atoms with Gasteiger partial charge in [0.15, 0.2) is 0 Å². The largest absolute Gasteiger partial charge is 0.502 e. The molecular formula is C4H10O2. The summed E-state index contributed by atoms with van der Waals surface area (Å²) >= 11 is 0. The van der Waals surface area contributed by atoms with Gasteiger partial charge in [-0.25, -0.2) is 0 Å². The minimum absolute atomic E-state index is 0. The predicted molar refractivity (Wildman–Crippen MR) is 25.4 cm³/mol. The topological polar surface area (TPSA) is 40.7 Å². The molecule has 0 fully saturated rings. The van der Waals surface area contributed by atoms with Crippen molar-refractivity contribution in [3.8, 4) is 0 Å². The van der Waals surface area contributed by atoms with Crippen molar-refractivity contribution in [1.29, 1.82) is 0 Å². The van der Waals surface area contributed by atoms with Crippen LogP contribution < -0.4 is 0 Å². The molecule has 0 rings (SSSR count). The van der Waals surface area contributed by atoms with Crippen molar-refractivity contribution in [2.24, 2.45) is 0 Å². The zero-order chi connectivity index (χ0) is 4.12. The molecule has 0 atom stereocenters. The first-order chi connectivity index (χ1) is 2.41. The van der Waals surface area contributed by atoms with Gasteiger partial charge in [0, 0.05) is 0 Å². The lowest BCUT2D eigenvalue weighted by atomic mass is 10.9. The molecule has 2 N–H and O–H groups in total. The van der Waals surface area contributed by atoms with Crippen molar-refractivity contribution in [2.75, 3.05) is 6.61 Å². The van der Waals surface area contributed by atoms with Crippen LogP contribution in [0.5, 0.6) is 0 Å². The number of hydrogen-bond donors (Lipinski definition) is 0. The maximum Gasteiger partial charge on any atom is 0.0844 e. The van der Waals surface area contributed by atoms with Crippen molar-refractivity contribution < 1.29 is 10.2 Å². The lowest BCUT2D eigenvalue weighted by Crippen LogP contribution is -1.72. The van der Waals surface area contributed by atoms with Crippen molar-refractivity contribution in [3.63, 3.8) is 0 Å². The third-order valence-electron chi connectivity index (χ3n) is 0.285. The Morgan fingerprint density at radius 1 is 1.83 bits per heavy atom. The van der Waals surface area contributed by atoms with E-state index in [4.69, 9.17) is 0 Å². The van der Waals surface area contributed by atoms with Crippen LogP contribution in [0.1, 0.15) is 6.92 Å². The molecule has 0 radical (unpaired) electrons. The number of ether oxygens (including phenoxy) is 1. The molecule has 2 heteroatoms. The Hall–Kier alpha value is -0.500. The summed E-state index contributed by atoms with van der Waals surface area (Å²) in [5, 5.41) is 0. The van der Waals surface area contributed by atoms with Gasteiger partial charge in [-0.2, -0.15) is 0 Å². The van der Waals surface area contributed by atoms with Gasteiger partial charge in [0.2, 0.25) is 0 Å². The Morgan fingerprint density at radius 2 is 2.33 bits per heavy atom. The molecule has 0 aliphatic rings. The average Bonchev–Trinajstić information content (AvgIpc) is 1.41. The summed E-state index contributed by atoms with van der Waals surface area (Å²) in [7, 11) is 0. The molecule has 0 spiro atoms. The third-order valence-corrected chi connectivity index (χ3v) is 0.285. The summed E-state index contributed by atoms with van der Waals surface area (Å²) in [4.78, 5) is 0. The lowest BCUT2D eigenvalue weighted by Gasteiger charge is -1.84. The van der Waals surface area contributed by atoms with Crippen LogP contribution in [0.3, 0.4) is 0 Å². The van der Waals surface area contributed by atoms with Crippen LogP contribution in [-0.2, 0) is 4.74 Å². The Kier molecular flexibility index (Phi) is 13.4. The van der Waals surface area contributed by atoms with Crippen molar-refractivity contribution in [2.45, 2.75) is 6.92 Å². The molecule has 0 aromatic carbocycles. The van der Waals surface area contributed by atoms with E-state index in [1.807, 2.05) is 6.92 Å². The molecule has 0 aromatic rings. The van der Waals surface area contributed by atoms with E-state index >= 15 is 0 Å². The zero-order valence-electron chi connectivity index (χ0n) is 3.90. The molecular weight excluding hydrogens is 80.0 g/mol. The fraction of sp³-hybridized carbons (Fsp3) is 0.500. The Morgan fingerprint density at radius 3 is 2.33 bits per heavy atom. The summed E-state index contributed by atoms with van der Waals surface area (Å²) in [5.41, 5.74) is 0. The van der Waals surface area contributed by atoms with Crippen LogP contribution in [0.15, 0.2) is 12.8 Å². The molecule has 38 valence electrons. The quantitative estimate of drug-likeness (QED) is 0.451. The lowest BCUT2D eigenvalue weighted by molar-refractivity contribution is 0.270. The van der Waals surface area contributed by atoms with Crippen LogP contribution in [0.25, 0.3) is 0 Å². The van der Waals surface area contributed by atoms with Gasteiger partial charge in [0.05, 0.1) is 12.9 Å². The Labute approximate surface area is 37.7 Å². The van der Waals surface area contributed by atoms with Crippen LogP contribution in [0.4, 0.5) is 0 Å². The third kappa shape index (κ3) is 9.72. The number of hydrogen-bond acceptors (Lipinski definition) is 1. The molecule has 0 amide bonds. The monoisotopic (exact) mass is 90.1 g/mol. The summed E-state index contributed by atoms with van der Waals surface area (Å²) in [6.07, 6.45) is 1.43. The van der Waals surface area contributed by atoms with E-state index in [1.54, 1.807) is 0 Å². The van der Waals surface area contributed by atoms with Gasteiger partial charge < -0.3 is 10.2 Å². The Bertz CT molecular complexity index is 26.7. The van der Waals surface area contributed by atoms with Gasteiger partial charge in [-0.05, 0) is 6.92 Å². The van der Waals surface area contributed by atoms with E-state index < -0.39 is 0 Å². The smallest absolute Gasteiger partial charge is 0.0844 e. The fourth-order valence-corrected chi connectivity index (χ4v) is 0.118. The highest BCUT2D eigenvalue weighted by molar-refractivity contribution is 4.45. The molecule has 6 heavy (non-hydrogen) atoms. The van der Waals surface area contributed by atoms with E-state index in [2.05, 4.69) is 11.3 Å². The fourth-order valence-electron chi connectivity index (χ4n) is 0.118. The van der Waals surface area contributed by atoms with Crippen LogP contribution in [0, 0.1) is 0 Å². The first kappa shape index (κ1) is 9.09. The van der Waals surface area contributed by atoms with E-state index in [-0.39, 0.29) is 5.48 Å². The minimum atomic E-state index is 0. The van der Waals surface area contributed by atoms with Gasteiger partial charge in [-0.1, -0.05) is 6.58 Å². The second-order valence-corrected chi connectivity index (χ2v) is 0.622. The summed E-state index contributed by atoms with van der Waals surface area (Å²) in [6, 6.07) is 0. The first-order valence-electron chi connectivity index (χ1n) is 1.64. The highest BCUT2D eigenvalue weighted by atomic mass is 16.5. The van der Waals surface area contributed by atoms with Crippen LogP contribution in [-0.4, -0.2) is 12.1 Å². The summed E-state index contributed by atoms with van der Waals surface area (Å²) in [6.45, 7) is 5.97. The molecule has 0 saturated heterocycles. The maximum absolute atomic E-state index is 4.60. The molecule has 0 aliphatic heterocycles. The van der Waals surface area contributed by atoms with Crippen molar-refractivity contribution in [3.05, 3.63) is 12.8 Å². The van der Waals surface area contributed by atoms with Gasteiger partial charge in [-0.15, -0.1) is 0 Å². The second kappa shape index (κ2) is 8.82. The van der Waals surface area contributed by atoms with Gasteiger partial charge in [-0.3, -0.25) is 0 Å². The van der Waals surface area contributed by atoms with Crippen LogP contribution >= 0.6 is 0 Å². The molecule has 0 heterocycles. The normalized spacial score (nSPS) is 5.50. The second-order valence-electron chi connectivity index (χ2n) is 0.622. The summed E-state index contributed by atoms with van der Waals surface area (Å²) < 4.78 is 4.60. The minimum Gasteiger partial charge on any atom is -0.502 e. The molecule has 2 nitrogen and oxygen atoms in total. The summed E-state index contributed by atoms with van der Waals surface area (Å²) in [5.74, 6) is 0. The molecule has 0 aromatic heterocycles.